The normalized spacial score (nSPS) is 10.6. The molecule has 0 aliphatic carbocycles. The van der Waals surface area contributed by atoms with E-state index in [-0.39, 0.29) is 12.3 Å². The summed E-state index contributed by atoms with van der Waals surface area (Å²) in [5.74, 6) is -0.281. The van der Waals surface area contributed by atoms with E-state index in [4.69, 9.17) is 20.8 Å². The van der Waals surface area contributed by atoms with Gasteiger partial charge in [-0.25, -0.2) is 4.39 Å². The number of hydrogen-bond donors (Lipinski definition) is 0. The lowest BCUT2D eigenvalue weighted by Gasteiger charge is -2.16. The van der Waals surface area contributed by atoms with Crippen molar-refractivity contribution in [3.8, 4) is 17.1 Å². The number of halogens is 2. The van der Waals surface area contributed by atoms with Gasteiger partial charge in [0.1, 0.15) is 17.3 Å². The number of nitro benzene ring substituents is 1. The fraction of sp³-hybridized carbons (Fsp3) is 0.150. The Morgan fingerprint density at radius 2 is 1.93 bits per heavy atom. The second-order valence-electron chi connectivity index (χ2n) is 6.18. The molecule has 3 rings (SSSR count). The average molecular weight is 419 g/mol. The molecule has 0 aliphatic heterocycles. The van der Waals surface area contributed by atoms with Gasteiger partial charge in [0.25, 0.3) is 5.91 Å². The summed E-state index contributed by atoms with van der Waals surface area (Å²) < 4.78 is 24.2. The fourth-order valence-corrected chi connectivity index (χ4v) is 2.68. The van der Waals surface area contributed by atoms with Gasteiger partial charge in [-0.05, 0) is 42.5 Å². The molecular weight excluding hydrogens is 403 g/mol. The van der Waals surface area contributed by atoms with Crippen molar-refractivity contribution in [2.24, 2.45) is 0 Å². The average Bonchev–Trinajstić information content (AvgIpc) is 3.14. The van der Waals surface area contributed by atoms with Crippen molar-refractivity contribution >= 4 is 23.2 Å². The third kappa shape index (κ3) is 5.11. The molecule has 9 heteroatoms. The maximum absolute atomic E-state index is 13.3. The summed E-state index contributed by atoms with van der Waals surface area (Å²) >= 11 is 5.87. The van der Waals surface area contributed by atoms with Crippen LogP contribution >= 0.6 is 11.6 Å². The maximum atomic E-state index is 13.3. The van der Waals surface area contributed by atoms with Crippen molar-refractivity contribution in [3.63, 3.8) is 0 Å². The van der Waals surface area contributed by atoms with Gasteiger partial charge in [0, 0.05) is 29.8 Å². The van der Waals surface area contributed by atoms with Crippen LogP contribution in [0.3, 0.4) is 0 Å². The Kier molecular flexibility index (Phi) is 6.13. The molecule has 0 fully saturated rings. The number of furan rings is 1. The number of rotatable bonds is 7. The summed E-state index contributed by atoms with van der Waals surface area (Å²) in [5.41, 5.74) is 0.428. The van der Waals surface area contributed by atoms with E-state index < -0.39 is 28.9 Å². The Hall–Kier alpha value is -3.39. The molecule has 0 N–H and O–H groups in total. The number of amides is 1. The molecule has 0 saturated heterocycles. The Morgan fingerprint density at radius 1 is 1.21 bits per heavy atom. The summed E-state index contributed by atoms with van der Waals surface area (Å²) in [6.45, 7) is -0.313. The molecule has 3 aromatic rings. The topological polar surface area (TPSA) is 85.8 Å². The molecule has 0 unspecified atom stereocenters. The van der Waals surface area contributed by atoms with Crippen LogP contribution < -0.4 is 4.74 Å². The Labute approximate surface area is 170 Å². The Balaban J connectivity index is 1.61. The van der Waals surface area contributed by atoms with Crippen molar-refractivity contribution in [1.29, 1.82) is 0 Å². The first-order valence-electron chi connectivity index (χ1n) is 8.49. The molecule has 0 atom stereocenters. The maximum Gasteiger partial charge on any atom is 0.311 e. The molecule has 0 aliphatic rings. The number of carbonyl (C=O) groups is 1. The van der Waals surface area contributed by atoms with E-state index in [9.17, 15) is 19.3 Å². The number of hydrogen-bond acceptors (Lipinski definition) is 5. The smallest absolute Gasteiger partial charge is 0.311 e. The van der Waals surface area contributed by atoms with Crippen LogP contribution in [0.2, 0.25) is 5.02 Å². The molecule has 7 nitrogen and oxygen atoms in total. The van der Waals surface area contributed by atoms with Gasteiger partial charge in [-0.2, -0.15) is 0 Å². The molecule has 29 heavy (non-hydrogen) atoms. The number of likely N-dealkylation sites (N-methyl/N-ethyl adjacent to an activating group) is 1. The number of benzene rings is 2. The van der Waals surface area contributed by atoms with Gasteiger partial charge < -0.3 is 14.1 Å². The van der Waals surface area contributed by atoms with Gasteiger partial charge in [0.2, 0.25) is 5.75 Å². The lowest BCUT2D eigenvalue weighted by molar-refractivity contribution is -0.385. The van der Waals surface area contributed by atoms with Gasteiger partial charge in [-0.3, -0.25) is 14.9 Å². The quantitative estimate of drug-likeness (QED) is 0.410. The highest BCUT2D eigenvalue weighted by Gasteiger charge is 2.19. The van der Waals surface area contributed by atoms with E-state index in [2.05, 4.69) is 0 Å². The molecule has 0 bridgehead atoms. The number of ether oxygens (including phenoxy) is 1. The van der Waals surface area contributed by atoms with Gasteiger partial charge in [-0.1, -0.05) is 11.6 Å². The van der Waals surface area contributed by atoms with Crippen LogP contribution in [-0.4, -0.2) is 29.4 Å². The Morgan fingerprint density at radius 3 is 2.62 bits per heavy atom. The molecule has 2 aromatic carbocycles. The summed E-state index contributed by atoms with van der Waals surface area (Å²) in [5, 5.41) is 11.6. The van der Waals surface area contributed by atoms with Crippen LogP contribution in [0.15, 0.2) is 59.0 Å². The number of nitrogens with zero attached hydrogens (tertiary/aromatic N) is 2. The largest absolute Gasteiger partial charge is 0.477 e. The summed E-state index contributed by atoms with van der Waals surface area (Å²) in [6.07, 6.45) is 0. The summed E-state index contributed by atoms with van der Waals surface area (Å²) in [7, 11) is 1.54. The van der Waals surface area contributed by atoms with Crippen LogP contribution in [-0.2, 0) is 11.3 Å². The van der Waals surface area contributed by atoms with Crippen LogP contribution in [0, 0.1) is 15.9 Å². The Bertz CT molecular complexity index is 1040. The first kappa shape index (κ1) is 20.3. The fourth-order valence-electron chi connectivity index (χ4n) is 2.56. The lowest BCUT2D eigenvalue weighted by atomic mass is 10.2. The molecule has 0 radical (unpaired) electrons. The lowest BCUT2D eigenvalue weighted by Crippen LogP contribution is -2.30. The minimum absolute atomic E-state index is 0.168. The third-order valence-corrected chi connectivity index (χ3v) is 4.33. The molecule has 1 heterocycles. The van der Waals surface area contributed by atoms with Crippen molar-refractivity contribution in [1.82, 2.24) is 4.90 Å². The second kappa shape index (κ2) is 8.74. The van der Waals surface area contributed by atoms with Crippen LogP contribution in [0.5, 0.6) is 5.75 Å². The highest BCUT2D eigenvalue weighted by atomic mass is 35.5. The molecular formula is C20H16ClFN2O5. The van der Waals surface area contributed by atoms with Crippen molar-refractivity contribution < 1.29 is 23.3 Å². The molecule has 0 saturated carbocycles. The highest BCUT2D eigenvalue weighted by molar-refractivity contribution is 6.30. The van der Waals surface area contributed by atoms with E-state index in [1.807, 2.05) is 12.1 Å². The van der Waals surface area contributed by atoms with Crippen LogP contribution in [0.25, 0.3) is 11.3 Å². The van der Waals surface area contributed by atoms with Crippen molar-refractivity contribution in [2.75, 3.05) is 13.7 Å². The molecule has 1 aromatic heterocycles. The van der Waals surface area contributed by atoms with Gasteiger partial charge in [0.15, 0.2) is 6.61 Å². The van der Waals surface area contributed by atoms with Crippen LogP contribution in [0.4, 0.5) is 10.1 Å². The predicted molar refractivity (Wildman–Crippen MR) is 104 cm³/mol. The number of nitro groups is 1. The zero-order valence-corrected chi connectivity index (χ0v) is 16.1. The first-order chi connectivity index (χ1) is 13.8. The minimum atomic E-state index is -0.704. The van der Waals surface area contributed by atoms with E-state index >= 15 is 0 Å². The van der Waals surface area contributed by atoms with E-state index in [1.165, 1.54) is 11.9 Å². The van der Waals surface area contributed by atoms with Gasteiger partial charge in [-0.15, -0.1) is 0 Å². The van der Waals surface area contributed by atoms with Crippen LogP contribution in [0.1, 0.15) is 5.76 Å². The number of carbonyl (C=O) groups excluding carboxylic acids is 1. The summed E-state index contributed by atoms with van der Waals surface area (Å²) in [4.78, 5) is 23.9. The monoisotopic (exact) mass is 418 g/mol. The predicted octanol–water partition coefficient (Wildman–Crippen LogP) is 4.68. The van der Waals surface area contributed by atoms with E-state index in [0.29, 0.717) is 16.5 Å². The van der Waals surface area contributed by atoms with Crippen molar-refractivity contribution in [3.05, 3.63) is 81.3 Å². The van der Waals surface area contributed by atoms with Crippen molar-refractivity contribution in [2.45, 2.75) is 6.54 Å². The SMILES string of the molecule is CN(Cc1ccc(-c2ccc(Cl)cc2)o1)C(=O)COc1cc(F)ccc1[N+](=O)[O-]. The second-order valence-corrected chi connectivity index (χ2v) is 6.62. The highest BCUT2D eigenvalue weighted by Crippen LogP contribution is 2.28. The zero-order valence-electron chi connectivity index (χ0n) is 15.3. The summed E-state index contributed by atoms with van der Waals surface area (Å²) in [6, 6.07) is 13.5. The van der Waals surface area contributed by atoms with Gasteiger partial charge >= 0.3 is 5.69 Å². The molecule has 1 amide bonds. The molecule has 150 valence electrons. The van der Waals surface area contributed by atoms with E-state index in [0.717, 1.165) is 23.8 Å². The van der Waals surface area contributed by atoms with Gasteiger partial charge in [0.05, 0.1) is 11.5 Å². The third-order valence-electron chi connectivity index (χ3n) is 4.08. The standard InChI is InChI=1S/C20H16ClFN2O5/c1-23(11-16-7-9-18(29-16)13-2-4-14(21)5-3-13)20(25)12-28-19-10-15(22)6-8-17(19)24(26)27/h2-10H,11-12H2,1H3. The zero-order chi connectivity index (χ0) is 21.0. The van der Waals surface area contributed by atoms with E-state index in [1.54, 1.807) is 24.3 Å². The first-order valence-corrected chi connectivity index (χ1v) is 8.86. The minimum Gasteiger partial charge on any atom is -0.477 e. The molecule has 0 spiro atoms.